The Bertz CT molecular complexity index is 2180. The molecule has 10 amide bonds. The number of aromatic hydroxyl groups is 1. The molecule has 29 heteroatoms. The number of aliphatic hydroxyl groups is 1. The van der Waals surface area contributed by atoms with E-state index in [1.165, 1.54) is 31.2 Å². The van der Waals surface area contributed by atoms with Gasteiger partial charge in [-0.15, -0.1) is 0 Å². The lowest BCUT2D eigenvalue weighted by Gasteiger charge is -2.29. The normalized spacial score (nSPS) is 15.1. The van der Waals surface area contributed by atoms with Crippen LogP contribution in [-0.4, -0.2) is 163 Å². The van der Waals surface area contributed by atoms with Gasteiger partial charge in [0.2, 0.25) is 59.1 Å². The molecule has 0 aliphatic carbocycles. The predicted octanol–water partition coefficient (Wildman–Crippen LogP) is -5.58. The van der Waals surface area contributed by atoms with Gasteiger partial charge in [0.25, 0.3) is 0 Å². The molecule has 0 aromatic heterocycles. The van der Waals surface area contributed by atoms with Gasteiger partial charge in [-0.25, -0.2) is 4.79 Å². The summed E-state index contributed by atoms with van der Waals surface area (Å²) in [5, 5.41) is 65.7. The summed E-state index contributed by atoms with van der Waals surface area (Å²) in [6.07, 6.45) is -4.07. The molecule has 0 heterocycles. The Kier molecular flexibility index (Phi) is 26.5. The van der Waals surface area contributed by atoms with E-state index >= 15 is 0 Å². The summed E-state index contributed by atoms with van der Waals surface area (Å²) < 4.78 is 0. The number of carboxylic acid groups (broad SMARTS) is 3. The number of nitrogens with two attached hydrogens (primary N) is 3. The Morgan fingerprint density at radius 3 is 1.44 bits per heavy atom. The maximum Gasteiger partial charge on any atom is 0.326 e. The first-order valence-electron chi connectivity index (χ1n) is 22.8. The molecule has 10 atom stereocenters. The third-order valence-corrected chi connectivity index (χ3v) is 10.8. The van der Waals surface area contributed by atoms with Crippen LogP contribution in [-0.2, 0) is 68.7 Å². The van der Waals surface area contributed by atoms with Gasteiger partial charge >= 0.3 is 17.9 Å². The number of phenols is 1. The zero-order chi connectivity index (χ0) is 55.9. The summed E-state index contributed by atoms with van der Waals surface area (Å²) >= 11 is 0. The molecule has 73 heavy (non-hydrogen) atoms. The Balaban J connectivity index is 3.48. The van der Waals surface area contributed by atoms with Crippen molar-refractivity contribution in [2.24, 2.45) is 29.0 Å². The fourth-order valence-electron chi connectivity index (χ4n) is 6.57. The Labute approximate surface area is 418 Å². The molecule has 1 aromatic rings. The largest absolute Gasteiger partial charge is 0.508 e. The first kappa shape index (κ1) is 63.1. The number of hydrogen-bond acceptors (Lipinski definition) is 16. The van der Waals surface area contributed by atoms with Crippen LogP contribution in [0, 0.1) is 11.8 Å². The van der Waals surface area contributed by atoms with Crippen LogP contribution in [0.1, 0.15) is 85.1 Å². The number of benzene rings is 1. The molecule has 0 radical (unpaired) electrons. The molecule has 0 unspecified atom stereocenters. The van der Waals surface area contributed by atoms with Crippen molar-refractivity contribution in [3.63, 3.8) is 0 Å². The quantitative estimate of drug-likeness (QED) is 0.0312. The lowest BCUT2D eigenvalue weighted by molar-refractivity contribution is -0.143. The van der Waals surface area contributed by atoms with E-state index in [1.54, 1.807) is 20.8 Å². The highest BCUT2D eigenvalue weighted by Gasteiger charge is 2.37. The SMILES string of the molecule is CC[C@H](C)[C@H](NC(=O)[C@H](Cc1ccc(O)cc1)NC(=O)[C@H](CC(=O)O)NC(=O)[C@H](CC(N)=O)NC(=O)[C@@H](N)CCC(=O)O)C(=O)N[C@@H](CC(N)=O)C(=O)N[C@@H](C)C(=O)N[C@@H](CO)C(=O)N[C@@H](CC(C)C)C(=O)O. The van der Waals surface area contributed by atoms with Gasteiger partial charge in [-0.05, 0) is 49.3 Å². The molecule has 406 valence electrons. The Morgan fingerprint density at radius 2 is 0.973 bits per heavy atom. The van der Waals surface area contributed by atoms with Gasteiger partial charge in [0, 0.05) is 12.8 Å². The van der Waals surface area contributed by atoms with E-state index in [-0.39, 0.29) is 36.5 Å². The van der Waals surface area contributed by atoms with Crippen molar-refractivity contribution < 1.29 is 87.9 Å². The second-order valence-corrected chi connectivity index (χ2v) is 17.5. The minimum atomic E-state index is -2.04. The molecular formula is C44H67N11O18. The zero-order valence-electron chi connectivity index (χ0n) is 40.8. The van der Waals surface area contributed by atoms with E-state index in [9.17, 15) is 82.8 Å². The molecule has 1 aromatic carbocycles. The van der Waals surface area contributed by atoms with Crippen LogP contribution in [0.4, 0.5) is 0 Å². The monoisotopic (exact) mass is 1040 g/mol. The van der Waals surface area contributed by atoms with Crippen molar-refractivity contribution in [1.29, 1.82) is 0 Å². The second-order valence-electron chi connectivity index (χ2n) is 17.5. The van der Waals surface area contributed by atoms with Crippen molar-refractivity contribution in [3.8, 4) is 5.75 Å². The number of phenolic OH excluding ortho intramolecular Hbond substituents is 1. The summed E-state index contributed by atoms with van der Waals surface area (Å²) in [4.78, 5) is 166. The third-order valence-electron chi connectivity index (χ3n) is 10.8. The number of aliphatic carboxylic acids is 3. The van der Waals surface area contributed by atoms with Crippen molar-refractivity contribution >= 4 is 77.0 Å². The van der Waals surface area contributed by atoms with Crippen LogP contribution in [0.5, 0.6) is 5.75 Å². The Hall–Kier alpha value is -7.95. The molecule has 29 nitrogen and oxygen atoms in total. The zero-order valence-corrected chi connectivity index (χ0v) is 40.8. The van der Waals surface area contributed by atoms with E-state index in [4.69, 9.17) is 22.3 Å². The van der Waals surface area contributed by atoms with Gasteiger partial charge in [-0.3, -0.25) is 57.5 Å². The maximum atomic E-state index is 14.2. The molecular weight excluding hydrogens is 971 g/mol. The Morgan fingerprint density at radius 1 is 0.534 bits per heavy atom. The summed E-state index contributed by atoms with van der Waals surface area (Å²) in [6, 6.07) is -9.89. The molecule has 0 saturated heterocycles. The topological polar surface area (TPSA) is 497 Å². The van der Waals surface area contributed by atoms with Gasteiger partial charge in [0.05, 0.1) is 31.9 Å². The van der Waals surface area contributed by atoms with Gasteiger partial charge in [0.1, 0.15) is 54.1 Å². The molecule has 0 aliphatic rings. The van der Waals surface area contributed by atoms with Gasteiger partial charge < -0.3 is 85.3 Å². The number of hydrogen-bond donors (Lipinski definition) is 16. The van der Waals surface area contributed by atoms with Crippen LogP contribution >= 0.6 is 0 Å². The molecule has 19 N–H and O–H groups in total. The second kappa shape index (κ2) is 30.7. The van der Waals surface area contributed by atoms with Crippen LogP contribution in [0.3, 0.4) is 0 Å². The average molecular weight is 1040 g/mol. The molecule has 0 fully saturated rings. The number of carbonyl (C=O) groups excluding carboxylic acids is 10. The maximum absolute atomic E-state index is 14.2. The van der Waals surface area contributed by atoms with E-state index in [0.717, 1.165) is 6.92 Å². The number of aliphatic hydroxyl groups excluding tert-OH is 1. The molecule has 1 rings (SSSR count). The third kappa shape index (κ3) is 23.2. The van der Waals surface area contributed by atoms with Crippen molar-refractivity contribution in [3.05, 3.63) is 29.8 Å². The van der Waals surface area contributed by atoms with Crippen LogP contribution in [0.2, 0.25) is 0 Å². The van der Waals surface area contributed by atoms with Crippen LogP contribution in [0.25, 0.3) is 0 Å². The number of nitrogens with one attached hydrogen (secondary N) is 8. The van der Waals surface area contributed by atoms with Crippen molar-refractivity contribution in [2.45, 2.75) is 140 Å². The number of rotatable bonds is 33. The fraction of sp³-hybridized carbons (Fsp3) is 0.568. The average Bonchev–Trinajstić information content (AvgIpc) is 3.29. The van der Waals surface area contributed by atoms with Crippen molar-refractivity contribution in [2.75, 3.05) is 6.61 Å². The highest BCUT2D eigenvalue weighted by atomic mass is 16.4. The summed E-state index contributed by atoms with van der Waals surface area (Å²) in [7, 11) is 0. The first-order valence-corrected chi connectivity index (χ1v) is 22.8. The van der Waals surface area contributed by atoms with Crippen LogP contribution < -0.4 is 59.7 Å². The summed E-state index contributed by atoms with van der Waals surface area (Å²) in [6.45, 7) is 6.68. The highest BCUT2D eigenvalue weighted by Crippen LogP contribution is 2.15. The molecule has 0 spiro atoms. The lowest BCUT2D eigenvalue weighted by Crippen LogP contribution is -2.62. The minimum absolute atomic E-state index is 0.0202. The molecule has 0 bridgehead atoms. The lowest BCUT2D eigenvalue weighted by atomic mass is 9.96. The fourth-order valence-corrected chi connectivity index (χ4v) is 6.57. The van der Waals surface area contributed by atoms with Gasteiger partial charge in [-0.2, -0.15) is 0 Å². The number of carbonyl (C=O) groups is 13. The number of carboxylic acids is 3. The first-order chi connectivity index (χ1) is 34.0. The molecule has 0 saturated carbocycles. The van der Waals surface area contributed by atoms with E-state index in [1.807, 2.05) is 0 Å². The van der Waals surface area contributed by atoms with Crippen LogP contribution in [0.15, 0.2) is 24.3 Å². The number of amides is 10. The minimum Gasteiger partial charge on any atom is -0.508 e. The molecule has 0 aliphatic heterocycles. The smallest absolute Gasteiger partial charge is 0.326 e. The van der Waals surface area contributed by atoms with Gasteiger partial charge in [-0.1, -0.05) is 46.2 Å². The van der Waals surface area contributed by atoms with Gasteiger partial charge in [0.15, 0.2) is 0 Å². The summed E-state index contributed by atoms with van der Waals surface area (Å²) in [5.41, 5.74) is 16.6. The highest BCUT2D eigenvalue weighted by molar-refractivity contribution is 6.00. The van der Waals surface area contributed by atoms with E-state index in [0.29, 0.717) is 0 Å². The van der Waals surface area contributed by atoms with Crippen molar-refractivity contribution in [1.82, 2.24) is 42.5 Å². The predicted molar refractivity (Wildman–Crippen MR) is 251 cm³/mol. The van der Waals surface area contributed by atoms with E-state index < -0.39 is 176 Å². The van der Waals surface area contributed by atoms with E-state index in [2.05, 4.69) is 42.5 Å². The summed E-state index contributed by atoms with van der Waals surface area (Å²) in [5.74, 6) is -16.9. The number of primary amides is 2. The standard InChI is InChI=1S/C44H67N11O18/c1-6-20(4)35(43(71)52-26(15-31(46)58)38(66)48-21(5)36(64)54-30(18-56)42(70)53-29(44(72)73)13-19(2)3)55-41(69)25(14-22-7-9-23(57)10-8-22)50-40(68)28(17-34(62)63)51-39(67)27(16-32(47)59)49-37(65)24(45)11-12-33(60)61/h7-10,19-21,24-30,35,56-57H,6,11-18,45H2,1-5H3,(H2,46,58)(H2,47,59)(H,48,66)(H,49,65)(H,50,68)(H,51,67)(H,52,71)(H,53,70)(H,54,64)(H,55,69)(H,60,61)(H,62,63)(H,72,73)/t20-,21-,24-,25-,26-,27-,28-,29-,30-,35-/m0/s1.